The first-order valence-electron chi connectivity index (χ1n) is 7.99. The molecule has 1 aromatic rings. The maximum absolute atomic E-state index is 10.4. The molecule has 3 aliphatic heterocycles. The number of fused-ring (bicyclic) bond motifs is 4. The topological polar surface area (TPSA) is 153 Å². The van der Waals surface area contributed by atoms with Crippen molar-refractivity contribution in [2.24, 2.45) is 0 Å². The standard InChI is InChI=1S/C8H17N2.C6H3N3O7/c1-10-6-2-3-9(4-7-10)5-8-10;10-6-4(8(13)14)1-3(7(11)12)2-5(6)9(15)16/h2-8H2,1H3;1-2,10H/q+1;. The van der Waals surface area contributed by atoms with Gasteiger partial charge in [0.2, 0.25) is 0 Å². The van der Waals surface area contributed by atoms with Crippen molar-refractivity contribution >= 4 is 17.1 Å². The molecule has 0 amide bonds. The minimum Gasteiger partial charge on any atom is -0.497 e. The van der Waals surface area contributed by atoms with E-state index in [0.29, 0.717) is 12.1 Å². The summed E-state index contributed by atoms with van der Waals surface area (Å²) in [5.41, 5.74) is -3.00. The molecule has 2 bridgehead atoms. The predicted octanol–water partition coefficient (Wildman–Crippen LogP) is 1.27. The van der Waals surface area contributed by atoms with E-state index in [1.807, 2.05) is 0 Å². The van der Waals surface area contributed by atoms with E-state index < -0.39 is 37.6 Å². The number of hydrogen-bond donors (Lipinski definition) is 1. The predicted molar refractivity (Wildman–Crippen MR) is 89.9 cm³/mol. The number of nitro benzene ring substituents is 3. The summed E-state index contributed by atoms with van der Waals surface area (Å²) >= 11 is 0. The van der Waals surface area contributed by atoms with Gasteiger partial charge in [-0.3, -0.25) is 35.2 Å². The van der Waals surface area contributed by atoms with E-state index in [0.717, 1.165) is 0 Å². The van der Waals surface area contributed by atoms with Crippen LogP contribution in [0.4, 0.5) is 17.1 Å². The Morgan fingerprint density at radius 3 is 1.85 bits per heavy atom. The first-order chi connectivity index (χ1) is 12.1. The highest BCUT2D eigenvalue weighted by atomic mass is 16.6. The van der Waals surface area contributed by atoms with Crippen LogP contribution in [0.3, 0.4) is 0 Å². The Hall–Kier alpha value is -2.86. The maximum Gasteiger partial charge on any atom is 0.324 e. The molecule has 3 heterocycles. The third-order valence-corrected chi connectivity index (χ3v) is 4.74. The Morgan fingerprint density at radius 1 is 0.923 bits per heavy atom. The maximum atomic E-state index is 10.4. The lowest BCUT2D eigenvalue weighted by molar-refractivity contribution is -0.910. The third-order valence-electron chi connectivity index (χ3n) is 4.74. The summed E-state index contributed by atoms with van der Waals surface area (Å²) in [7, 11) is 2.41. The van der Waals surface area contributed by atoms with Gasteiger partial charge in [-0.2, -0.15) is 0 Å². The minimum absolute atomic E-state index is 0.447. The molecule has 3 aliphatic rings. The molecule has 26 heavy (non-hydrogen) atoms. The number of rotatable bonds is 3. The van der Waals surface area contributed by atoms with E-state index in [-0.39, 0.29) is 0 Å². The molecule has 1 N–H and O–H groups in total. The smallest absolute Gasteiger partial charge is 0.324 e. The second-order valence-electron chi connectivity index (χ2n) is 6.59. The number of phenols is 1. The zero-order valence-corrected chi connectivity index (χ0v) is 14.2. The van der Waals surface area contributed by atoms with Crippen molar-refractivity contribution in [3.8, 4) is 5.75 Å². The fourth-order valence-electron chi connectivity index (χ4n) is 3.09. The van der Waals surface area contributed by atoms with Crippen LogP contribution in [-0.4, -0.2) is 75.6 Å². The zero-order valence-electron chi connectivity index (χ0n) is 14.2. The molecule has 0 aliphatic carbocycles. The summed E-state index contributed by atoms with van der Waals surface area (Å²) < 4.78 is 1.34. The van der Waals surface area contributed by atoms with Gasteiger partial charge in [0.1, 0.15) is 0 Å². The summed E-state index contributed by atoms with van der Waals surface area (Å²) in [5, 5.41) is 40.2. The van der Waals surface area contributed by atoms with E-state index in [1.54, 1.807) is 0 Å². The summed E-state index contributed by atoms with van der Waals surface area (Å²) in [6.45, 7) is 8.23. The molecule has 0 radical (unpaired) electrons. The van der Waals surface area contributed by atoms with Gasteiger partial charge in [0.05, 0.1) is 53.6 Å². The second-order valence-corrected chi connectivity index (χ2v) is 6.59. The minimum atomic E-state index is -1.21. The molecule has 142 valence electrons. The van der Waals surface area contributed by atoms with E-state index in [9.17, 15) is 30.3 Å². The molecule has 3 saturated heterocycles. The fourth-order valence-corrected chi connectivity index (χ4v) is 3.09. The zero-order chi connectivity index (χ0) is 19.5. The number of nitrogens with zero attached hydrogens (tertiary/aromatic N) is 5. The van der Waals surface area contributed by atoms with Crippen molar-refractivity contribution in [2.45, 2.75) is 6.42 Å². The van der Waals surface area contributed by atoms with Crippen LogP contribution in [0.15, 0.2) is 12.1 Å². The molecule has 3 fully saturated rings. The van der Waals surface area contributed by atoms with Crippen molar-refractivity contribution in [3.05, 3.63) is 42.5 Å². The summed E-state index contributed by atoms with van der Waals surface area (Å²) in [4.78, 5) is 30.4. The normalized spacial score (nSPS) is 24.1. The van der Waals surface area contributed by atoms with Gasteiger partial charge in [-0.15, -0.1) is 0 Å². The SMILES string of the molecule is C[N+]12CCCN(CC1)CC2.O=[N+]([O-])c1cc([N+](=O)[O-])c(O)c([N+](=O)[O-])c1. The molecular weight excluding hydrogens is 350 g/mol. The Balaban J connectivity index is 0.000000206. The molecule has 12 nitrogen and oxygen atoms in total. The van der Waals surface area contributed by atoms with Crippen LogP contribution in [-0.2, 0) is 0 Å². The average Bonchev–Trinajstić information content (AvgIpc) is 2.86. The van der Waals surface area contributed by atoms with Crippen molar-refractivity contribution in [2.75, 3.05) is 46.3 Å². The summed E-state index contributed by atoms with van der Waals surface area (Å²) in [6.07, 6.45) is 1.41. The summed E-state index contributed by atoms with van der Waals surface area (Å²) in [6, 6.07) is 0.894. The highest BCUT2D eigenvalue weighted by Gasteiger charge is 2.31. The number of piperazine rings is 1. The number of benzene rings is 1. The van der Waals surface area contributed by atoms with Gasteiger partial charge in [0, 0.05) is 26.1 Å². The number of quaternary nitrogens is 1. The van der Waals surface area contributed by atoms with Gasteiger partial charge < -0.3 is 9.59 Å². The number of nitro groups is 3. The Bertz CT molecular complexity index is 690. The lowest BCUT2D eigenvalue weighted by Crippen LogP contribution is -2.54. The molecular formula is C14H20N5O7+. The van der Waals surface area contributed by atoms with Crippen LogP contribution in [0.5, 0.6) is 5.75 Å². The van der Waals surface area contributed by atoms with E-state index >= 15 is 0 Å². The van der Waals surface area contributed by atoms with Crippen LogP contribution in [0.2, 0.25) is 0 Å². The first kappa shape index (κ1) is 19.5. The lowest BCUT2D eigenvalue weighted by Gasteiger charge is -2.37. The highest BCUT2D eigenvalue weighted by molar-refractivity contribution is 5.64. The fraction of sp³-hybridized carbons (Fsp3) is 0.571. The first-order valence-corrected chi connectivity index (χ1v) is 7.99. The molecule has 4 rings (SSSR count). The van der Waals surface area contributed by atoms with Crippen molar-refractivity contribution in [1.82, 2.24) is 4.90 Å². The largest absolute Gasteiger partial charge is 0.497 e. The number of hydrogen-bond acceptors (Lipinski definition) is 8. The van der Waals surface area contributed by atoms with Crippen molar-refractivity contribution in [3.63, 3.8) is 0 Å². The van der Waals surface area contributed by atoms with Crippen molar-refractivity contribution < 1.29 is 24.4 Å². The van der Waals surface area contributed by atoms with E-state index in [1.165, 1.54) is 50.2 Å². The molecule has 0 aromatic heterocycles. The third kappa shape index (κ3) is 4.40. The molecule has 12 heteroatoms. The van der Waals surface area contributed by atoms with Gasteiger partial charge in [-0.1, -0.05) is 0 Å². The number of phenolic OH excluding ortho intramolecular Hbond substituents is 1. The average molecular weight is 370 g/mol. The molecule has 0 saturated carbocycles. The monoisotopic (exact) mass is 370 g/mol. The Kier molecular flexibility index (Phi) is 5.67. The lowest BCUT2D eigenvalue weighted by atomic mass is 10.2. The Labute approximate surface area is 148 Å². The van der Waals surface area contributed by atoms with Crippen LogP contribution in [0.25, 0.3) is 0 Å². The van der Waals surface area contributed by atoms with Crippen LogP contribution < -0.4 is 0 Å². The number of aromatic hydroxyl groups is 1. The quantitative estimate of drug-likeness (QED) is 0.474. The Morgan fingerprint density at radius 2 is 1.42 bits per heavy atom. The van der Waals surface area contributed by atoms with Gasteiger partial charge in [0.15, 0.2) is 0 Å². The van der Waals surface area contributed by atoms with Crippen LogP contribution in [0.1, 0.15) is 6.42 Å². The molecule has 0 spiro atoms. The van der Waals surface area contributed by atoms with E-state index in [4.69, 9.17) is 5.11 Å². The van der Waals surface area contributed by atoms with Gasteiger partial charge >= 0.3 is 11.4 Å². The van der Waals surface area contributed by atoms with Crippen LogP contribution >= 0.6 is 0 Å². The van der Waals surface area contributed by atoms with Gasteiger partial charge in [-0.25, -0.2) is 0 Å². The van der Waals surface area contributed by atoms with Gasteiger partial charge in [0.25, 0.3) is 11.4 Å². The van der Waals surface area contributed by atoms with Crippen LogP contribution in [0, 0.1) is 30.3 Å². The molecule has 0 atom stereocenters. The summed E-state index contributed by atoms with van der Waals surface area (Å²) in [5.74, 6) is -1.21. The number of non-ortho nitro benzene ring substituents is 1. The number of likely N-dealkylation sites (N-methyl/N-ethyl adjacent to an activating group) is 1. The van der Waals surface area contributed by atoms with Gasteiger partial charge in [-0.05, 0) is 0 Å². The van der Waals surface area contributed by atoms with Crippen molar-refractivity contribution in [1.29, 1.82) is 0 Å². The van der Waals surface area contributed by atoms with E-state index in [2.05, 4.69) is 11.9 Å². The second kappa shape index (κ2) is 7.58. The molecule has 0 unspecified atom stereocenters. The molecule has 1 aromatic carbocycles. The highest BCUT2D eigenvalue weighted by Crippen LogP contribution is 2.38.